The third-order valence-electron chi connectivity index (χ3n) is 0.518. The van der Waals surface area contributed by atoms with Crippen molar-refractivity contribution < 1.29 is 18.3 Å². The number of hydrogen-bond acceptors (Lipinski definition) is 2. The molecule has 0 saturated heterocycles. The summed E-state index contributed by atoms with van der Waals surface area (Å²) >= 11 is 1.80. The summed E-state index contributed by atoms with van der Waals surface area (Å²) in [7, 11) is 0. The van der Waals surface area contributed by atoms with E-state index in [-0.39, 0.29) is 0 Å². The van der Waals surface area contributed by atoms with Crippen molar-refractivity contribution in [2.24, 2.45) is 0 Å². The highest BCUT2D eigenvalue weighted by molar-refractivity contribution is 9.10. The lowest BCUT2D eigenvalue weighted by Gasteiger charge is -2.04. The van der Waals surface area contributed by atoms with Crippen molar-refractivity contribution in [3.05, 3.63) is 0 Å². The van der Waals surface area contributed by atoms with E-state index < -0.39 is 17.4 Å². The first-order valence-electron chi connectivity index (χ1n) is 2.16. The van der Waals surface area contributed by atoms with Crippen molar-refractivity contribution in [1.29, 1.82) is 0 Å². The molecule has 0 aromatic heterocycles. The molecule has 0 N–H and O–H groups in total. The number of hydrogen-bond donors (Lipinski definition) is 0. The van der Waals surface area contributed by atoms with E-state index in [1.807, 2.05) is 5.92 Å². The van der Waals surface area contributed by atoms with Gasteiger partial charge in [0.05, 0.1) is 0 Å². The molecule has 0 spiro atoms. The van der Waals surface area contributed by atoms with E-state index in [0.29, 0.717) is 0 Å². The van der Waals surface area contributed by atoms with E-state index in [1.54, 1.807) is 15.9 Å². The Morgan fingerprint density at radius 2 is 2.30 bits per heavy atom. The van der Waals surface area contributed by atoms with Crippen molar-refractivity contribution in [2.45, 2.75) is 4.83 Å². The Labute approximate surface area is 64.7 Å². The van der Waals surface area contributed by atoms with E-state index in [4.69, 9.17) is 0 Å². The third-order valence-corrected chi connectivity index (χ3v) is 0.842. The molecule has 0 bridgehead atoms. The fourth-order valence-corrected chi connectivity index (χ4v) is 0.304. The van der Waals surface area contributed by atoms with Crippen molar-refractivity contribution in [3.8, 4) is 12.3 Å². The van der Waals surface area contributed by atoms with E-state index in [9.17, 15) is 13.6 Å². The van der Waals surface area contributed by atoms with E-state index in [0.717, 1.165) is 0 Å². The SMILES string of the molecule is C#CCOC(=O)C(F)(F)Br. The van der Waals surface area contributed by atoms with Crippen molar-refractivity contribution in [1.82, 2.24) is 0 Å². The molecule has 0 aromatic carbocycles. The predicted octanol–water partition coefficient (Wildman–Crippen LogP) is 1.15. The maximum atomic E-state index is 11.8. The number of halogens is 3. The highest BCUT2D eigenvalue weighted by atomic mass is 79.9. The summed E-state index contributed by atoms with van der Waals surface area (Å²) in [4.78, 5) is 6.47. The number of alkyl halides is 3. The van der Waals surface area contributed by atoms with Crippen LogP contribution in [0.3, 0.4) is 0 Å². The van der Waals surface area contributed by atoms with E-state index in [1.165, 1.54) is 0 Å². The van der Waals surface area contributed by atoms with E-state index >= 15 is 0 Å². The fraction of sp³-hybridized carbons (Fsp3) is 0.400. The van der Waals surface area contributed by atoms with Gasteiger partial charge >= 0.3 is 10.8 Å². The molecular weight excluding hydrogens is 210 g/mol. The van der Waals surface area contributed by atoms with Gasteiger partial charge in [0, 0.05) is 15.9 Å². The molecule has 0 rings (SSSR count). The number of terminal acetylenes is 1. The quantitative estimate of drug-likeness (QED) is 0.390. The molecule has 0 aromatic rings. The minimum atomic E-state index is -3.64. The normalized spacial score (nSPS) is 10.2. The molecule has 0 aliphatic rings. The van der Waals surface area contributed by atoms with Gasteiger partial charge in [-0.2, -0.15) is 8.78 Å². The molecule has 0 aliphatic heterocycles. The molecule has 0 heterocycles. The lowest BCUT2D eigenvalue weighted by molar-refractivity contribution is -0.157. The Morgan fingerprint density at radius 1 is 1.80 bits per heavy atom. The molecule has 0 saturated carbocycles. The van der Waals surface area contributed by atoms with Gasteiger partial charge in [-0.1, -0.05) is 5.92 Å². The summed E-state index contributed by atoms with van der Waals surface area (Å²) in [5.41, 5.74) is 0. The van der Waals surface area contributed by atoms with Gasteiger partial charge in [-0.25, -0.2) is 4.79 Å². The third kappa shape index (κ3) is 3.41. The molecular formula is C5H3BrF2O2. The highest BCUT2D eigenvalue weighted by Crippen LogP contribution is 2.22. The molecule has 0 fully saturated rings. The summed E-state index contributed by atoms with van der Waals surface area (Å²) in [6.45, 7) is -0.444. The van der Waals surface area contributed by atoms with Crippen LogP contribution in [0.5, 0.6) is 0 Å². The van der Waals surface area contributed by atoms with Crippen LogP contribution in [0.4, 0.5) is 8.78 Å². The molecule has 0 aliphatic carbocycles. The van der Waals surface area contributed by atoms with Crippen LogP contribution < -0.4 is 0 Å². The fourth-order valence-electron chi connectivity index (χ4n) is 0.189. The maximum Gasteiger partial charge on any atom is 0.396 e. The number of esters is 1. The number of rotatable bonds is 2. The largest absolute Gasteiger partial charge is 0.447 e. The van der Waals surface area contributed by atoms with Gasteiger partial charge in [0.25, 0.3) is 0 Å². The second-order valence-electron chi connectivity index (χ2n) is 1.28. The second-order valence-corrected chi connectivity index (χ2v) is 2.27. The highest BCUT2D eigenvalue weighted by Gasteiger charge is 2.36. The first kappa shape index (κ1) is 9.37. The van der Waals surface area contributed by atoms with Gasteiger partial charge in [-0.15, -0.1) is 6.42 Å². The van der Waals surface area contributed by atoms with Gasteiger partial charge in [0.15, 0.2) is 6.61 Å². The Balaban J connectivity index is 3.78. The van der Waals surface area contributed by atoms with Gasteiger partial charge < -0.3 is 4.74 Å². The average molecular weight is 213 g/mol. The molecule has 0 radical (unpaired) electrons. The lowest BCUT2D eigenvalue weighted by Crippen LogP contribution is -2.23. The van der Waals surface area contributed by atoms with Crippen molar-refractivity contribution in [3.63, 3.8) is 0 Å². The van der Waals surface area contributed by atoms with Gasteiger partial charge in [-0.05, 0) is 0 Å². The summed E-state index contributed by atoms with van der Waals surface area (Å²) < 4.78 is 27.5. The minimum absolute atomic E-state index is 0.444. The van der Waals surface area contributed by atoms with Crippen LogP contribution in [0.15, 0.2) is 0 Å². The Morgan fingerprint density at radius 3 is 2.60 bits per heavy atom. The summed E-state index contributed by atoms with van der Waals surface area (Å²) in [6.07, 6.45) is 4.63. The monoisotopic (exact) mass is 212 g/mol. The first-order chi connectivity index (χ1) is 4.48. The van der Waals surface area contributed by atoms with Crippen LogP contribution >= 0.6 is 15.9 Å². The zero-order valence-electron chi connectivity index (χ0n) is 4.73. The van der Waals surface area contributed by atoms with Crippen LogP contribution in [0.25, 0.3) is 0 Å². The average Bonchev–Trinajstić information content (AvgIpc) is 1.80. The smallest absolute Gasteiger partial charge is 0.396 e. The van der Waals surface area contributed by atoms with Gasteiger partial charge in [-0.3, -0.25) is 0 Å². The van der Waals surface area contributed by atoms with Crippen LogP contribution in [-0.2, 0) is 9.53 Å². The standard InChI is InChI=1S/C5H3BrF2O2/c1-2-3-10-4(9)5(6,7)8/h1H,3H2. The van der Waals surface area contributed by atoms with E-state index in [2.05, 4.69) is 11.2 Å². The van der Waals surface area contributed by atoms with Gasteiger partial charge in [0.2, 0.25) is 0 Å². The van der Waals surface area contributed by atoms with Crippen LogP contribution in [-0.4, -0.2) is 17.4 Å². The van der Waals surface area contributed by atoms with Gasteiger partial charge in [0.1, 0.15) is 0 Å². The summed E-state index contributed by atoms with van der Waals surface area (Å²) in [5, 5.41) is 0. The number of carbonyl (C=O) groups excluding carboxylic acids is 1. The Bertz CT molecular complexity index is 167. The molecule has 2 nitrogen and oxygen atoms in total. The van der Waals surface area contributed by atoms with Crippen molar-refractivity contribution in [2.75, 3.05) is 6.61 Å². The molecule has 0 unspecified atom stereocenters. The second kappa shape index (κ2) is 3.52. The molecule has 5 heteroatoms. The summed E-state index contributed by atoms with van der Waals surface area (Å²) in [5.74, 6) is 0.198. The molecule has 0 amide bonds. The van der Waals surface area contributed by atoms with Crippen LogP contribution in [0.1, 0.15) is 0 Å². The molecule has 0 atom stereocenters. The minimum Gasteiger partial charge on any atom is -0.447 e. The maximum absolute atomic E-state index is 11.8. The molecule has 10 heavy (non-hydrogen) atoms. The number of carbonyl (C=O) groups is 1. The topological polar surface area (TPSA) is 26.3 Å². The predicted molar refractivity (Wildman–Crippen MR) is 33.7 cm³/mol. The van der Waals surface area contributed by atoms with Crippen LogP contribution in [0.2, 0.25) is 0 Å². The Kier molecular flexibility index (Phi) is 3.30. The zero-order chi connectivity index (χ0) is 8.20. The lowest BCUT2D eigenvalue weighted by atomic mass is 10.7. The molecule has 56 valence electrons. The zero-order valence-corrected chi connectivity index (χ0v) is 6.32. The van der Waals surface area contributed by atoms with Crippen LogP contribution in [0, 0.1) is 12.3 Å². The Hall–Kier alpha value is -0.630. The van der Waals surface area contributed by atoms with Crippen molar-refractivity contribution >= 4 is 21.9 Å². The summed E-state index contributed by atoms with van der Waals surface area (Å²) in [6, 6.07) is 0. The first-order valence-corrected chi connectivity index (χ1v) is 2.95. The number of ether oxygens (including phenoxy) is 1.